The lowest BCUT2D eigenvalue weighted by molar-refractivity contribution is -0.116. The molecule has 2 heterocycles. The van der Waals surface area contributed by atoms with E-state index in [1.165, 1.54) is 11.6 Å². The van der Waals surface area contributed by atoms with Gasteiger partial charge < -0.3 is 10.1 Å². The highest BCUT2D eigenvalue weighted by molar-refractivity contribution is 5.91. The van der Waals surface area contributed by atoms with E-state index in [1.54, 1.807) is 12.3 Å². The quantitative estimate of drug-likeness (QED) is 0.688. The lowest BCUT2D eigenvalue weighted by Crippen LogP contribution is -2.42. The number of rotatable bonds is 6. The van der Waals surface area contributed by atoms with Gasteiger partial charge in [0.1, 0.15) is 17.7 Å². The Morgan fingerprint density at radius 2 is 2.00 bits per heavy atom. The van der Waals surface area contributed by atoms with E-state index in [4.69, 9.17) is 4.74 Å². The standard InChI is InChI=1S/C21H24N4O4/c1-5-14-11-22-19-17(18(14)29-6-2)20(27)25(21(28)24(19)4)12-16(26)23-15-9-7-8-13(3)10-15/h7-11H,5-6,12H2,1-4H3,(H,23,26). The molecule has 0 spiro atoms. The first-order valence-electron chi connectivity index (χ1n) is 9.48. The fourth-order valence-electron chi connectivity index (χ4n) is 3.23. The van der Waals surface area contributed by atoms with Crippen molar-refractivity contribution in [3.8, 4) is 5.75 Å². The predicted molar refractivity (Wildman–Crippen MR) is 112 cm³/mol. The molecule has 3 rings (SSSR count). The van der Waals surface area contributed by atoms with Gasteiger partial charge in [-0.1, -0.05) is 19.1 Å². The van der Waals surface area contributed by atoms with Gasteiger partial charge in [-0.05, 0) is 38.0 Å². The number of anilines is 1. The SMILES string of the molecule is CCOc1c(CC)cnc2c1c(=O)n(CC(=O)Nc1cccc(C)c1)c(=O)n2C. The molecule has 0 saturated carbocycles. The van der Waals surface area contributed by atoms with Crippen LogP contribution in [-0.4, -0.2) is 26.6 Å². The van der Waals surface area contributed by atoms with Crippen molar-refractivity contribution in [1.29, 1.82) is 0 Å². The van der Waals surface area contributed by atoms with Gasteiger partial charge in [-0.3, -0.25) is 14.2 Å². The monoisotopic (exact) mass is 396 g/mol. The van der Waals surface area contributed by atoms with E-state index in [0.29, 0.717) is 24.5 Å². The third-order valence-corrected chi connectivity index (χ3v) is 4.65. The van der Waals surface area contributed by atoms with E-state index < -0.39 is 23.7 Å². The van der Waals surface area contributed by atoms with Gasteiger partial charge in [0.15, 0.2) is 5.65 Å². The molecule has 1 aromatic carbocycles. The summed E-state index contributed by atoms with van der Waals surface area (Å²) in [5.74, 6) is -0.0554. The van der Waals surface area contributed by atoms with E-state index in [0.717, 1.165) is 15.7 Å². The average Bonchev–Trinajstić information content (AvgIpc) is 2.69. The summed E-state index contributed by atoms with van der Waals surface area (Å²) in [5.41, 5.74) is 1.39. The first-order valence-corrected chi connectivity index (χ1v) is 9.48. The lowest BCUT2D eigenvalue weighted by atomic mass is 10.1. The zero-order valence-corrected chi connectivity index (χ0v) is 17.0. The van der Waals surface area contributed by atoms with Crippen LogP contribution >= 0.6 is 0 Å². The number of ether oxygens (including phenoxy) is 1. The van der Waals surface area contributed by atoms with Crippen molar-refractivity contribution in [2.45, 2.75) is 33.7 Å². The van der Waals surface area contributed by atoms with Crippen molar-refractivity contribution in [3.05, 3.63) is 62.4 Å². The van der Waals surface area contributed by atoms with Gasteiger partial charge in [0, 0.05) is 24.5 Å². The van der Waals surface area contributed by atoms with Crippen LogP contribution in [0.2, 0.25) is 0 Å². The highest BCUT2D eigenvalue weighted by Gasteiger charge is 2.20. The Bertz CT molecular complexity index is 1190. The van der Waals surface area contributed by atoms with Crippen LogP contribution in [-0.2, 0) is 24.8 Å². The molecule has 152 valence electrons. The summed E-state index contributed by atoms with van der Waals surface area (Å²) in [7, 11) is 1.52. The molecule has 29 heavy (non-hydrogen) atoms. The maximum absolute atomic E-state index is 13.2. The molecule has 8 heteroatoms. The topological polar surface area (TPSA) is 95.2 Å². The molecule has 0 aliphatic heterocycles. The average molecular weight is 396 g/mol. The van der Waals surface area contributed by atoms with Gasteiger partial charge in [0.25, 0.3) is 5.56 Å². The number of benzene rings is 1. The molecule has 2 aromatic heterocycles. The molecule has 1 N–H and O–H groups in total. The van der Waals surface area contributed by atoms with Gasteiger partial charge in [-0.15, -0.1) is 0 Å². The summed E-state index contributed by atoms with van der Waals surface area (Å²) in [5, 5.41) is 2.93. The zero-order valence-electron chi connectivity index (χ0n) is 17.0. The Morgan fingerprint density at radius 1 is 1.24 bits per heavy atom. The van der Waals surface area contributed by atoms with E-state index in [-0.39, 0.29) is 11.0 Å². The maximum atomic E-state index is 13.2. The van der Waals surface area contributed by atoms with Crippen molar-refractivity contribution < 1.29 is 9.53 Å². The van der Waals surface area contributed by atoms with E-state index in [2.05, 4.69) is 10.3 Å². The van der Waals surface area contributed by atoms with Gasteiger partial charge >= 0.3 is 5.69 Å². The number of hydrogen-bond acceptors (Lipinski definition) is 5. The molecule has 0 atom stereocenters. The van der Waals surface area contributed by atoms with Gasteiger partial charge in [-0.25, -0.2) is 14.3 Å². The smallest absolute Gasteiger partial charge is 0.332 e. The number of pyridine rings is 1. The van der Waals surface area contributed by atoms with Crippen molar-refractivity contribution in [1.82, 2.24) is 14.1 Å². The first-order chi connectivity index (χ1) is 13.9. The molecular formula is C21H24N4O4. The summed E-state index contributed by atoms with van der Waals surface area (Å²) in [6.45, 7) is 5.62. The normalized spacial score (nSPS) is 10.9. The molecule has 8 nitrogen and oxygen atoms in total. The molecule has 0 aliphatic rings. The molecule has 1 amide bonds. The second-order valence-electron chi connectivity index (χ2n) is 6.75. The Hall–Kier alpha value is -3.42. The Morgan fingerprint density at radius 3 is 2.66 bits per heavy atom. The third kappa shape index (κ3) is 3.91. The molecule has 0 bridgehead atoms. The number of nitrogens with zero attached hydrogens (tertiary/aromatic N) is 3. The van der Waals surface area contributed by atoms with Crippen LogP contribution in [0.15, 0.2) is 40.1 Å². The molecule has 0 unspecified atom stereocenters. The van der Waals surface area contributed by atoms with Crippen LogP contribution in [0.4, 0.5) is 5.69 Å². The summed E-state index contributed by atoms with van der Waals surface area (Å²) < 4.78 is 7.89. The van der Waals surface area contributed by atoms with Crippen molar-refractivity contribution in [2.75, 3.05) is 11.9 Å². The van der Waals surface area contributed by atoms with Gasteiger partial charge in [0.2, 0.25) is 5.91 Å². The van der Waals surface area contributed by atoms with Crippen LogP contribution in [0.25, 0.3) is 11.0 Å². The number of aryl methyl sites for hydroxylation is 3. The molecule has 0 fully saturated rings. The fraction of sp³-hybridized carbons (Fsp3) is 0.333. The zero-order chi connectivity index (χ0) is 21.1. The highest BCUT2D eigenvalue weighted by atomic mass is 16.5. The second kappa shape index (κ2) is 8.30. The number of nitrogens with one attached hydrogen (secondary N) is 1. The van der Waals surface area contributed by atoms with Crippen molar-refractivity contribution >= 4 is 22.6 Å². The van der Waals surface area contributed by atoms with Gasteiger partial charge in [-0.2, -0.15) is 0 Å². The second-order valence-corrected chi connectivity index (χ2v) is 6.75. The van der Waals surface area contributed by atoms with E-state index in [9.17, 15) is 14.4 Å². The molecule has 0 radical (unpaired) electrons. The van der Waals surface area contributed by atoms with E-state index in [1.807, 2.05) is 39.0 Å². The Labute approximate surface area is 167 Å². The van der Waals surface area contributed by atoms with Crippen LogP contribution in [0, 0.1) is 6.92 Å². The van der Waals surface area contributed by atoms with E-state index >= 15 is 0 Å². The van der Waals surface area contributed by atoms with Crippen molar-refractivity contribution in [2.24, 2.45) is 7.05 Å². The summed E-state index contributed by atoms with van der Waals surface area (Å²) in [6, 6.07) is 7.28. The van der Waals surface area contributed by atoms with Gasteiger partial charge in [0.05, 0.1) is 6.61 Å². The number of carbonyl (C=O) groups is 1. The molecular weight excluding hydrogens is 372 g/mol. The fourth-order valence-corrected chi connectivity index (χ4v) is 3.23. The third-order valence-electron chi connectivity index (χ3n) is 4.65. The molecule has 0 saturated heterocycles. The minimum Gasteiger partial charge on any atom is -0.493 e. The van der Waals surface area contributed by atoms with Crippen LogP contribution in [0.5, 0.6) is 5.75 Å². The van der Waals surface area contributed by atoms with Crippen LogP contribution < -0.4 is 21.3 Å². The number of fused-ring (bicyclic) bond motifs is 1. The summed E-state index contributed by atoms with van der Waals surface area (Å²) in [4.78, 5) is 42.7. The highest BCUT2D eigenvalue weighted by Crippen LogP contribution is 2.25. The largest absolute Gasteiger partial charge is 0.493 e. The van der Waals surface area contributed by atoms with Crippen LogP contribution in [0.3, 0.4) is 0 Å². The van der Waals surface area contributed by atoms with Crippen LogP contribution in [0.1, 0.15) is 25.0 Å². The molecule has 3 aromatic rings. The number of carbonyl (C=O) groups excluding carboxylic acids is 1. The van der Waals surface area contributed by atoms with Crippen molar-refractivity contribution in [3.63, 3.8) is 0 Å². The lowest BCUT2D eigenvalue weighted by Gasteiger charge is -2.15. The summed E-state index contributed by atoms with van der Waals surface area (Å²) >= 11 is 0. The maximum Gasteiger partial charge on any atom is 0.332 e. The summed E-state index contributed by atoms with van der Waals surface area (Å²) in [6.07, 6.45) is 2.23. The number of hydrogen-bond donors (Lipinski definition) is 1. The number of aromatic nitrogens is 3. The predicted octanol–water partition coefficient (Wildman–Crippen LogP) is 2.00. The number of amides is 1. The first kappa shape index (κ1) is 20.3. The Balaban J connectivity index is 2.10. The Kier molecular flexibility index (Phi) is 5.81. The minimum absolute atomic E-state index is 0.205. The minimum atomic E-state index is -0.610. The molecule has 0 aliphatic carbocycles.